The number of hydrogen-bond donors (Lipinski definition) is 1. The molecule has 2 N–H and O–H groups in total. The summed E-state index contributed by atoms with van der Waals surface area (Å²) >= 11 is 0. The molecule has 1 amide bonds. The Bertz CT molecular complexity index is 163. The topological polar surface area (TPSA) is 43.1 Å². The van der Waals surface area contributed by atoms with Crippen molar-refractivity contribution in [2.24, 2.45) is 11.7 Å². The van der Waals surface area contributed by atoms with Crippen LogP contribution in [0.4, 0.5) is 0 Å². The molecule has 0 rings (SSSR count). The molecule has 0 aromatic heterocycles. The lowest BCUT2D eigenvalue weighted by molar-refractivity contribution is -0.118. The highest BCUT2D eigenvalue weighted by atomic mass is 16.1. The molecule has 0 heterocycles. The number of amides is 1. The first-order valence-corrected chi connectivity index (χ1v) is 4.22. The van der Waals surface area contributed by atoms with Crippen LogP contribution >= 0.6 is 0 Å². The van der Waals surface area contributed by atoms with Gasteiger partial charge in [-0.25, -0.2) is 0 Å². The number of hydrogen-bond acceptors (Lipinski definition) is 1. The van der Waals surface area contributed by atoms with Crippen LogP contribution in [0.2, 0.25) is 0 Å². The average Bonchev–Trinajstić information content (AvgIpc) is 2.05. The summed E-state index contributed by atoms with van der Waals surface area (Å²) in [5.74, 6) is 0.163. The van der Waals surface area contributed by atoms with Gasteiger partial charge in [-0.1, -0.05) is 12.2 Å². The first kappa shape index (κ1) is 11.0. The molecule has 0 aromatic carbocycles. The number of primary amides is 1. The molecular formula is C10H17NO. The largest absolute Gasteiger partial charge is 0.370 e. The van der Waals surface area contributed by atoms with Crippen LogP contribution in [0.5, 0.6) is 0 Å². The molecular weight excluding hydrogens is 150 g/mol. The van der Waals surface area contributed by atoms with Crippen LogP contribution in [0.3, 0.4) is 0 Å². The Morgan fingerprint density at radius 2 is 2.08 bits per heavy atom. The van der Waals surface area contributed by atoms with Crippen LogP contribution in [-0.2, 0) is 4.79 Å². The summed E-state index contributed by atoms with van der Waals surface area (Å²) in [6.45, 7) is 7.34. The van der Waals surface area contributed by atoms with Crippen molar-refractivity contribution in [3.8, 4) is 0 Å². The van der Waals surface area contributed by atoms with E-state index in [9.17, 15) is 4.79 Å². The Morgan fingerprint density at radius 1 is 1.42 bits per heavy atom. The van der Waals surface area contributed by atoms with E-state index in [1.54, 1.807) is 0 Å². The summed E-state index contributed by atoms with van der Waals surface area (Å²) in [6, 6.07) is 0. The maximum absolute atomic E-state index is 10.5. The third-order valence-corrected chi connectivity index (χ3v) is 1.84. The fourth-order valence-electron chi connectivity index (χ4n) is 1.04. The van der Waals surface area contributed by atoms with Crippen LogP contribution in [0.25, 0.3) is 0 Å². The van der Waals surface area contributed by atoms with Gasteiger partial charge < -0.3 is 5.73 Å². The summed E-state index contributed by atoms with van der Waals surface area (Å²) in [6.07, 6.45) is 7.00. The fourth-order valence-corrected chi connectivity index (χ4v) is 1.04. The van der Waals surface area contributed by atoms with Crippen molar-refractivity contribution in [3.63, 3.8) is 0 Å². The molecule has 0 saturated carbocycles. The van der Waals surface area contributed by atoms with Gasteiger partial charge in [-0.3, -0.25) is 4.79 Å². The second-order valence-electron chi connectivity index (χ2n) is 2.87. The smallest absolute Gasteiger partial charge is 0.217 e. The standard InChI is InChI=1S/C10H17NO/c1-3-5-6-9(4-2)7-8-10(11)12/h3-4,9H,1-2,5-8H2,(H2,11,12). The highest BCUT2D eigenvalue weighted by Gasteiger charge is 2.04. The summed E-state index contributed by atoms with van der Waals surface area (Å²) in [7, 11) is 0. The van der Waals surface area contributed by atoms with Gasteiger partial charge in [0.25, 0.3) is 0 Å². The van der Waals surface area contributed by atoms with Gasteiger partial charge in [-0.05, 0) is 25.2 Å². The Balaban J connectivity index is 3.59. The summed E-state index contributed by atoms with van der Waals surface area (Å²) in [4.78, 5) is 10.5. The Hall–Kier alpha value is -1.05. The minimum absolute atomic E-state index is 0.236. The van der Waals surface area contributed by atoms with E-state index in [0.29, 0.717) is 12.3 Å². The van der Waals surface area contributed by atoms with Gasteiger partial charge in [-0.2, -0.15) is 0 Å². The molecule has 12 heavy (non-hydrogen) atoms. The van der Waals surface area contributed by atoms with Crippen molar-refractivity contribution < 1.29 is 4.79 Å². The lowest BCUT2D eigenvalue weighted by atomic mass is 9.98. The molecule has 0 aromatic rings. The van der Waals surface area contributed by atoms with Crippen molar-refractivity contribution in [1.29, 1.82) is 0 Å². The molecule has 0 saturated heterocycles. The third-order valence-electron chi connectivity index (χ3n) is 1.84. The molecule has 0 spiro atoms. The number of nitrogens with two attached hydrogens (primary N) is 1. The first-order valence-electron chi connectivity index (χ1n) is 4.22. The second-order valence-corrected chi connectivity index (χ2v) is 2.87. The van der Waals surface area contributed by atoms with E-state index < -0.39 is 0 Å². The van der Waals surface area contributed by atoms with Crippen LogP contribution in [0.15, 0.2) is 25.3 Å². The summed E-state index contributed by atoms with van der Waals surface area (Å²) in [5.41, 5.74) is 5.03. The second kappa shape index (κ2) is 6.65. The molecule has 0 aliphatic carbocycles. The molecule has 2 heteroatoms. The zero-order valence-corrected chi connectivity index (χ0v) is 7.46. The van der Waals surface area contributed by atoms with Crippen LogP contribution < -0.4 is 5.73 Å². The van der Waals surface area contributed by atoms with E-state index in [1.165, 1.54) is 0 Å². The van der Waals surface area contributed by atoms with Crippen LogP contribution in [-0.4, -0.2) is 5.91 Å². The lowest BCUT2D eigenvalue weighted by Crippen LogP contribution is -2.12. The van der Waals surface area contributed by atoms with Crippen molar-refractivity contribution in [2.45, 2.75) is 25.7 Å². The van der Waals surface area contributed by atoms with Crippen LogP contribution in [0, 0.1) is 5.92 Å². The number of carbonyl (C=O) groups excluding carboxylic acids is 1. The van der Waals surface area contributed by atoms with Gasteiger partial charge >= 0.3 is 0 Å². The third kappa shape index (κ3) is 5.71. The molecule has 0 aliphatic rings. The van der Waals surface area contributed by atoms with Crippen molar-refractivity contribution >= 4 is 5.91 Å². The van der Waals surface area contributed by atoms with Gasteiger partial charge in [-0.15, -0.1) is 13.2 Å². The quantitative estimate of drug-likeness (QED) is 0.579. The monoisotopic (exact) mass is 167 g/mol. The van der Waals surface area contributed by atoms with Crippen molar-refractivity contribution in [1.82, 2.24) is 0 Å². The first-order chi connectivity index (χ1) is 5.70. The van der Waals surface area contributed by atoms with E-state index in [0.717, 1.165) is 19.3 Å². The number of rotatable bonds is 7. The highest BCUT2D eigenvalue weighted by molar-refractivity contribution is 5.73. The molecule has 0 aliphatic heterocycles. The van der Waals surface area contributed by atoms with E-state index in [-0.39, 0.29) is 5.91 Å². The number of carbonyl (C=O) groups is 1. The predicted molar refractivity (Wildman–Crippen MR) is 51.5 cm³/mol. The normalized spacial score (nSPS) is 12.0. The fraction of sp³-hybridized carbons (Fsp3) is 0.500. The van der Waals surface area contributed by atoms with Gasteiger partial charge in [0.15, 0.2) is 0 Å². The minimum atomic E-state index is -0.236. The zero-order valence-electron chi connectivity index (χ0n) is 7.46. The molecule has 0 radical (unpaired) electrons. The average molecular weight is 167 g/mol. The van der Waals surface area contributed by atoms with Gasteiger partial charge in [0.1, 0.15) is 0 Å². The van der Waals surface area contributed by atoms with Gasteiger partial charge in [0.05, 0.1) is 0 Å². The molecule has 0 fully saturated rings. The molecule has 68 valence electrons. The maximum Gasteiger partial charge on any atom is 0.217 e. The molecule has 2 nitrogen and oxygen atoms in total. The SMILES string of the molecule is C=CCCC(C=C)CCC(N)=O. The van der Waals surface area contributed by atoms with E-state index in [4.69, 9.17) is 5.73 Å². The highest BCUT2D eigenvalue weighted by Crippen LogP contribution is 2.14. The van der Waals surface area contributed by atoms with Gasteiger partial charge in [0.2, 0.25) is 5.91 Å². The minimum Gasteiger partial charge on any atom is -0.370 e. The molecule has 1 unspecified atom stereocenters. The van der Waals surface area contributed by atoms with E-state index in [2.05, 4.69) is 13.2 Å². The Labute approximate surface area is 74.1 Å². The summed E-state index contributed by atoms with van der Waals surface area (Å²) in [5, 5.41) is 0. The predicted octanol–water partition coefficient (Wildman–Crippen LogP) is 2.02. The van der Waals surface area contributed by atoms with E-state index >= 15 is 0 Å². The molecule has 1 atom stereocenters. The van der Waals surface area contributed by atoms with Crippen molar-refractivity contribution in [3.05, 3.63) is 25.3 Å². The summed E-state index contributed by atoms with van der Waals surface area (Å²) < 4.78 is 0. The Morgan fingerprint density at radius 3 is 2.50 bits per heavy atom. The van der Waals surface area contributed by atoms with Crippen LogP contribution in [0.1, 0.15) is 25.7 Å². The van der Waals surface area contributed by atoms with Crippen molar-refractivity contribution in [2.75, 3.05) is 0 Å². The maximum atomic E-state index is 10.5. The zero-order chi connectivity index (χ0) is 9.40. The molecule has 0 bridgehead atoms. The Kier molecular flexibility index (Phi) is 6.07. The van der Waals surface area contributed by atoms with Gasteiger partial charge in [0, 0.05) is 6.42 Å². The van der Waals surface area contributed by atoms with E-state index in [1.807, 2.05) is 12.2 Å². The lowest BCUT2D eigenvalue weighted by Gasteiger charge is -2.08. The number of allylic oxidation sites excluding steroid dienone is 2.